The van der Waals surface area contributed by atoms with Crippen LogP contribution in [0.25, 0.3) is 0 Å². The molecule has 0 aromatic rings. The molecule has 2 rings (SSSR count). The maximum Gasteiger partial charge on any atom is 0.307 e. The number of nitrogens with zero attached hydrogens (tertiary/aromatic N) is 2. The van der Waals surface area contributed by atoms with Crippen molar-refractivity contribution in [3.63, 3.8) is 0 Å². The summed E-state index contributed by atoms with van der Waals surface area (Å²) in [4.78, 5) is 20.0. The third-order valence-corrected chi connectivity index (χ3v) is 2.55. The Balaban J connectivity index is 0.000000160. The minimum atomic E-state index is -0.837. The number of carbonyl (C=O) groups is 2. The van der Waals surface area contributed by atoms with Gasteiger partial charge >= 0.3 is 11.9 Å². The monoisotopic (exact) mass is 222 g/mol. The SMILES string of the molecule is N#C[C@@H]1C[C@H]1C(=O)O.N#C[C@H]1C[C@@H]1C(=O)O. The van der Waals surface area contributed by atoms with Crippen LogP contribution in [0.3, 0.4) is 0 Å². The van der Waals surface area contributed by atoms with Crippen molar-refractivity contribution in [2.45, 2.75) is 12.8 Å². The van der Waals surface area contributed by atoms with Gasteiger partial charge < -0.3 is 10.2 Å². The first-order valence-electron chi connectivity index (χ1n) is 4.76. The van der Waals surface area contributed by atoms with E-state index < -0.39 is 11.9 Å². The Labute approximate surface area is 91.7 Å². The number of hydrogen-bond donors (Lipinski definition) is 2. The lowest BCUT2D eigenvalue weighted by molar-refractivity contribution is -0.139. The first kappa shape index (κ1) is 12.0. The van der Waals surface area contributed by atoms with E-state index in [4.69, 9.17) is 20.7 Å². The van der Waals surface area contributed by atoms with E-state index in [9.17, 15) is 9.59 Å². The van der Waals surface area contributed by atoms with Crippen LogP contribution in [0.15, 0.2) is 0 Å². The van der Waals surface area contributed by atoms with E-state index in [1.807, 2.05) is 12.1 Å². The Morgan fingerprint density at radius 3 is 1.31 bits per heavy atom. The van der Waals surface area contributed by atoms with Crippen LogP contribution in [0.2, 0.25) is 0 Å². The molecule has 2 aliphatic carbocycles. The van der Waals surface area contributed by atoms with Crippen LogP contribution in [0.1, 0.15) is 12.8 Å². The molecule has 84 valence electrons. The molecule has 6 nitrogen and oxygen atoms in total. The van der Waals surface area contributed by atoms with Gasteiger partial charge in [0.25, 0.3) is 0 Å². The molecule has 4 atom stereocenters. The van der Waals surface area contributed by atoms with Crippen LogP contribution in [-0.2, 0) is 9.59 Å². The van der Waals surface area contributed by atoms with Crippen LogP contribution < -0.4 is 0 Å². The fourth-order valence-electron chi connectivity index (χ4n) is 1.22. The highest BCUT2D eigenvalue weighted by Crippen LogP contribution is 2.37. The Kier molecular flexibility index (Phi) is 3.47. The fraction of sp³-hybridized carbons (Fsp3) is 0.600. The Bertz CT molecular complexity index is 355. The molecule has 0 aromatic carbocycles. The maximum absolute atomic E-state index is 9.98. The third-order valence-electron chi connectivity index (χ3n) is 2.55. The van der Waals surface area contributed by atoms with Crippen molar-refractivity contribution >= 4 is 11.9 Å². The number of rotatable bonds is 2. The molecule has 2 aliphatic rings. The molecule has 6 heteroatoms. The molecule has 2 N–H and O–H groups in total. The van der Waals surface area contributed by atoms with Gasteiger partial charge in [0, 0.05) is 0 Å². The second-order valence-electron chi connectivity index (χ2n) is 3.83. The normalized spacial score (nSPS) is 33.4. The number of aliphatic carboxylic acids is 2. The number of carboxylic acids is 2. The number of carboxylic acid groups (broad SMARTS) is 2. The van der Waals surface area contributed by atoms with Crippen molar-refractivity contribution in [2.75, 3.05) is 0 Å². The molecule has 16 heavy (non-hydrogen) atoms. The molecule has 0 aliphatic heterocycles. The standard InChI is InChI=1S/2C5H5NO2/c2*6-2-3-1-4(3)5(7)8/h2*3-4H,1H2,(H,7,8)/t2*3-,4+/m10/s1. The summed E-state index contributed by atoms with van der Waals surface area (Å²) in [6.07, 6.45) is 1.09. The summed E-state index contributed by atoms with van der Waals surface area (Å²) in [7, 11) is 0. The van der Waals surface area contributed by atoms with Crippen LogP contribution in [0, 0.1) is 46.3 Å². The van der Waals surface area contributed by atoms with E-state index in [1.165, 1.54) is 0 Å². The Morgan fingerprint density at radius 1 is 0.938 bits per heavy atom. The number of nitriles is 2. The zero-order chi connectivity index (χ0) is 12.3. The van der Waals surface area contributed by atoms with Crippen molar-refractivity contribution in [2.24, 2.45) is 23.7 Å². The van der Waals surface area contributed by atoms with Gasteiger partial charge in [-0.3, -0.25) is 9.59 Å². The first-order chi connectivity index (χ1) is 7.51. The molecular formula is C10H10N2O4. The summed E-state index contributed by atoms with van der Waals surface area (Å²) >= 11 is 0. The van der Waals surface area contributed by atoms with Crippen molar-refractivity contribution < 1.29 is 19.8 Å². The van der Waals surface area contributed by atoms with Gasteiger partial charge in [0.15, 0.2) is 0 Å². The summed E-state index contributed by atoms with van der Waals surface area (Å²) in [5, 5.41) is 32.6. The summed E-state index contributed by atoms with van der Waals surface area (Å²) in [6.45, 7) is 0. The van der Waals surface area contributed by atoms with Gasteiger partial charge in [-0.15, -0.1) is 0 Å². The lowest BCUT2D eigenvalue weighted by Crippen LogP contribution is -1.97. The topological polar surface area (TPSA) is 122 Å². The quantitative estimate of drug-likeness (QED) is 0.699. The molecule has 0 radical (unpaired) electrons. The molecular weight excluding hydrogens is 212 g/mol. The van der Waals surface area contributed by atoms with Crippen LogP contribution in [-0.4, -0.2) is 22.2 Å². The zero-order valence-electron chi connectivity index (χ0n) is 8.33. The average molecular weight is 222 g/mol. The summed E-state index contributed by atoms with van der Waals surface area (Å²) in [5.41, 5.74) is 0. The predicted octanol–water partition coefficient (Wildman–Crippen LogP) is 0.461. The molecule has 0 aromatic heterocycles. The third kappa shape index (κ3) is 2.96. The Morgan fingerprint density at radius 2 is 1.25 bits per heavy atom. The van der Waals surface area contributed by atoms with Crippen molar-refractivity contribution in [1.82, 2.24) is 0 Å². The predicted molar refractivity (Wildman–Crippen MR) is 49.7 cm³/mol. The van der Waals surface area contributed by atoms with Crippen molar-refractivity contribution in [3.05, 3.63) is 0 Å². The second-order valence-corrected chi connectivity index (χ2v) is 3.83. The van der Waals surface area contributed by atoms with Crippen LogP contribution in [0.5, 0.6) is 0 Å². The molecule has 0 amide bonds. The lowest BCUT2D eigenvalue weighted by atomic mass is 10.3. The second kappa shape index (κ2) is 4.63. The van der Waals surface area contributed by atoms with Crippen molar-refractivity contribution in [3.8, 4) is 12.1 Å². The fourth-order valence-corrected chi connectivity index (χ4v) is 1.22. The minimum Gasteiger partial charge on any atom is -0.481 e. The number of hydrogen-bond acceptors (Lipinski definition) is 4. The van der Waals surface area contributed by atoms with E-state index in [-0.39, 0.29) is 23.7 Å². The van der Waals surface area contributed by atoms with Crippen LogP contribution >= 0.6 is 0 Å². The van der Waals surface area contributed by atoms with Gasteiger partial charge in [-0.05, 0) is 12.8 Å². The molecule has 2 fully saturated rings. The molecule has 2 saturated carbocycles. The van der Waals surface area contributed by atoms with E-state index >= 15 is 0 Å². The molecule has 0 heterocycles. The largest absolute Gasteiger partial charge is 0.481 e. The van der Waals surface area contributed by atoms with Crippen molar-refractivity contribution in [1.29, 1.82) is 10.5 Å². The van der Waals surface area contributed by atoms with Gasteiger partial charge in [-0.25, -0.2) is 0 Å². The summed E-state index contributed by atoms with van der Waals surface area (Å²) in [5.74, 6) is -2.80. The van der Waals surface area contributed by atoms with Gasteiger partial charge in [0.1, 0.15) is 0 Å². The maximum atomic E-state index is 9.98. The van der Waals surface area contributed by atoms with E-state index in [1.54, 1.807) is 0 Å². The molecule has 0 spiro atoms. The van der Waals surface area contributed by atoms with Gasteiger partial charge in [-0.1, -0.05) is 0 Å². The first-order valence-corrected chi connectivity index (χ1v) is 4.76. The molecule has 0 unspecified atom stereocenters. The summed E-state index contributed by atoms with van der Waals surface area (Å²) < 4.78 is 0. The minimum absolute atomic E-state index is 0.201. The Hall–Kier alpha value is -2.08. The highest BCUT2D eigenvalue weighted by atomic mass is 16.4. The lowest BCUT2D eigenvalue weighted by Gasteiger charge is -1.78. The highest BCUT2D eigenvalue weighted by Gasteiger charge is 2.43. The molecule has 0 saturated heterocycles. The molecule has 0 bridgehead atoms. The summed E-state index contributed by atoms with van der Waals surface area (Å²) in [6, 6.07) is 3.78. The van der Waals surface area contributed by atoms with E-state index in [0.29, 0.717) is 12.8 Å². The zero-order valence-corrected chi connectivity index (χ0v) is 8.33. The van der Waals surface area contributed by atoms with Gasteiger partial charge in [0.2, 0.25) is 0 Å². The van der Waals surface area contributed by atoms with Crippen LogP contribution in [0.4, 0.5) is 0 Å². The van der Waals surface area contributed by atoms with Gasteiger partial charge in [0.05, 0.1) is 35.8 Å². The average Bonchev–Trinajstić information content (AvgIpc) is 3.11. The van der Waals surface area contributed by atoms with E-state index in [2.05, 4.69) is 0 Å². The van der Waals surface area contributed by atoms with E-state index in [0.717, 1.165) is 0 Å². The van der Waals surface area contributed by atoms with Gasteiger partial charge in [-0.2, -0.15) is 10.5 Å². The smallest absolute Gasteiger partial charge is 0.307 e. The highest BCUT2D eigenvalue weighted by molar-refractivity contribution is 5.74.